The number of halogens is 1. The maximum atomic E-state index is 14.6. The van der Waals surface area contributed by atoms with Crippen molar-refractivity contribution >= 4 is 45.2 Å². The van der Waals surface area contributed by atoms with Crippen molar-refractivity contribution in [2.75, 3.05) is 23.3 Å². The fourth-order valence-electron chi connectivity index (χ4n) is 5.33. The molecule has 0 spiro atoms. The Bertz CT molecular complexity index is 1620. The third kappa shape index (κ3) is 5.28. The Kier molecular flexibility index (Phi) is 6.85. The molecular formula is C29H34FN7O3. The number of aromatic nitrogens is 4. The summed E-state index contributed by atoms with van der Waals surface area (Å²) in [5, 5.41) is 8.24. The molecule has 10 nitrogen and oxygen atoms in total. The molecule has 0 radical (unpaired) electrons. The third-order valence-electron chi connectivity index (χ3n) is 6.89. The van der Waals surface area contributed by atoms with Crippen molar-refractivity contribution in [3.8, 4) is 0 Å². The van der Waals surface area contributed by atoms with Gasteiger partial charge in [0.05, 0.1) is 23.2 Å². The van der Waals surface area contributed by atoms with Crippen LogP contribution in [0.3, 0.4) is 0 Å². The van der Waals surface area contributed by atoms with Gasteiger partial charge in [0.15, 0.2) is 5.82 Å². The molecule has 1 fully saturated rings. The summed E-state index contributed by atoms with van der Waals surface area (Å²) >= 11 is 0. The van der Waals surface area contributed by atoms with Crippen LogP contribution in [0.4, 0.5) is 20.6 Å². The van der Waals surface area contributed by atoms with Crippen molar-refractivity contribution in [1.82, 2.24) is 24.6 Å². The summed E-state index contributed by atoms with van der Waals surface area (Å²) in [5.74, 6) is -0.396. The van der Waals surface area contributed by atoms with E-state index < -0.39 is 17.3 Å². The molecule has 2 aromatic carbocycles. The number of nitrogens with zero attached hydrogens (tertiary/aromatic N) is 6. The Morgan fingerprint density at radius 1 is 1.10 bits per heavy atom. The SMILES string of the molecule is Cc1ncc2c(N3C[C@@H](C)N(C(=O)OC(C)(C)C)[C@@H](C)C3)ccc(C(=O)Nc3cc(F)c4nn(C)cc4c3)c2n1. The van der Waals surface area contributed by atoms with Crippen molar-refractivity contribution in [1.29, 1.82) is 0 Å². The predicted molar refractivity (Wildman–Crippen MR) is 152 cm³/mol. The minimum Gasteiger partial charge on any atom is -0.444 e. The van der Waals surface area contributed by atoms with Crippen molar-refractivity contribution in [2.24, 2.45) is 7.05 Å². The fourth-order valence-corrected chi connectivity index (χ4v) is 5.33. The number of carbonyl (C=O) groups excluding carboxylic acids is 2. The lowest BCUT2D eigenvalue weighted by Crippen LogP contribution is -2.59. The van der Waals surface area contributed by atoms with E-state index in [1.165, 1.54) is 10.7 Å². The smallest absolute Gasteiger partial charge is 0.410 e. The number of carbonyl (C=O) groups is 2. The molecule has 40 heavy (non-hydrogen) atoms. The number of fused-ring (bicyclic) bond motifs is 2. The molecule has 0 aliphatic carbocycles. The Balaban J connectivity index is 1.44. The van der Waals surface area contributed by atoms with Crippen molar-refractivity contribution < 1.29 is 18.7 Å². The van der Waals surface area contributed by atoms with Gasteiger partial charge in [0.25, 0.3) is 5.91 Å². The predicted octanol–water partition coefficient (Wildman–Crippen LogP) is 5.05. The number of anilines is 2. The van der Waals surface area contributed by atoms with Crippen LogP contribution in [0.2, 0.25) is 0 Å². The molecule has 1 saturated heterocycles. The zero-order valence-corrected chi connectivity index (χ0v) is 23.8. The monoisotopic (exact) mass is 547 g/mol. The van der Waals surface area contributed by atoms with Gasteiger partial charge in [0.1, 0.15) is 16.9 Å². The van der Waals surface area contributed by atoms with E-state index in [2.05, 4.69) is 25.3 Å². The highest BCUT2D eigenvalue weighted by Crippen LogP contribution is 2.32. The molecule has 210 valence electrons. The number of aryl methyl sites for hydroxylation is 2. The Hall–Kier alpha value is -4.28. The summed E-state index contributed by atoms with van der Waals surface area (Å²) in [6.45, 7) is 12.5. The summed E-state index contributed by atoms with van der Waals surface area (Å²) in [4.78, 5) is 39.3. The summed E-state index contributed by atoms with van der Waals surface area (Å²) in [6.07, 6.45) is 3.09. The van der Waals surface area contributed by atoms with Gasteiger partial charge < -0.3 is 15.0 Å². The van der Waals surface area contributed by atoms with Crippen LogP contribution in [0.5, 0.6) is 0 Å². The van der Waals surface area contributed by atoms with Crippen LogP contribution in [-0.4, -0.2) is 67.4 Å². The number of rotatable bonds is 3. The molecule has 11 heteroatoms. The van der Waals surface area contributed by atoms with Crippen LogP contribution >= 0.6 is 0 Å². The second-order valence-electron chi connectivity index (χ2n) is 11.5. The minimum absolute atomic E-state index is 0.111. The molecule has 2 aromatic heterocycles. The van der Waals surface area contributed by atoms with Gasteiger partial charge in [-0.25, -0.2) is 19.2 Å². The van der Waals surface area contributed by atoms with Gasteiger partial charge in [-0.05, 0) is 65.8 Å². The number of hydrogen-bond acceptors (Lipinski definition) is 7. The molecule has 0 saturated carbocycles. The van der Waals surface area contributed by atoms with Crippen molar-refractivity contribution in [3.63, 3.8) is 0 Å². The van der Waals surface area contributed by atoms with E-state index in [0.717, 1.165) is 11.1 Å². The molecule has 0 unspecified atom stereocenters. The molecule has 5 rings (SSSR count). The molecule has 2 atom stereocenters. The zero-order chi connectivity index (χ0) is 28.9. The highest BCUT2D eigenvalue weighted by Gasteiger charge is 2.36. The van der Waals surface area contributed by atoms with Crippen LogP contribution < -0.4 is 10.2 Å². The average Bonchev–Trinajstić information content (AvgIpc) is 3.22. The minimum atomic E-state index is -0.578. The van der Waals surface area contributed by atoms with Crippen LogP contribution in [0.15, 0.2) is 36.7 Å². The second kappa shape index (κ2) is 10.0. The number of piperazine rings is 1. The third-order valence-corrected chi connectivity index (χ3v) is 6.89. The fraction of sp³-hybridized carbons (Fsp3) is 0.414. The van der Waals surface area contributed by atoms with Gasteiger partial charge in [-0.1, -0.05) is 0 Å². The van der Waals surface area contributed by atoms with Gasteiger partial charge in [-0.3, -0.25) is 14.4 Å². The quantitative estimate of drug-likeness (QED) is 0.383. The summed E-state index contributed by atoms with van der Waals surface area (Å²) in [7, 11) is 1.71. The average molecular weight is 548 g/mol. The molecule has 2 amide bonds. The van der Waals surface area contributed by atoms with Crippen LogP contribution in [0, 0.1) is 12.7 Å². The lowest BCUT2D eigenvalue weighted by atomic mass is 10.0. The highest BCUT2D eigenvalue weighted by molar-refractivity contribution is 6.14. The lowest BCUT2D eigenvalue weighted by molar-refractivity contribution is 0.00567. The van der Waals surface area contributed by atoms with Crippen LogP contribution in [0.25, 0.3) is 21.8 Å². The number of hydrogen-bond donors (Lipinski definition) is 1. The van der Waals surface area contributed by atoms with Gasteiger partial charge in [0.2, 0.25) is 0 Å². The second-order valence-corrected chi connectivity index (χ2v) is 11.5. The van der Waals surface area contributed by atoms with Gasteiger partial charge in [0, 0.05) is 54.7 Å². The lowest BCUT2D eigenvalue weighted by Gasteiger charge is -2.45. The summed E-state index contributed by atoms with van der Waals surface area (Å²) < 4.78 is 21.8. The van der Waals surface area contributed by atoms with Crippen molar-refractivity contribution in [2.45, 2.75) is 59.2 Å². The van der Waals surface area contributed by atoms with E-state index >= 15 is 0 Å². The first kappa shape index (κ1) is 27.3. The van der Waals surface area contributed by atoms with Crippen molar-refractivity contribution in [3.05, 3.63) is 53.9 Å². The number of benzene rings is 2. The zero-order valence-electron chi connectivity index (χ0n) is 23.8. The molecule has 0 bridgehead atoms. The van der Waals surface area contributed by atoms with Gasteiger partial charge in [-0.15, -0.1) is 0 Å². The van der Waals surface area contributed by atoms with E-state index in [1.807, 2.05) is 40.7 Å². The van der Waals surface area contributed by atoms with Gasteiger partial charge in [-0.2, -0.15) is 5.10 Å². The molecule has 3 heterocycles. The molecule has 4 aromatic rings. The van der Waals surface area contributed by atoms with E-state index in [-0.39, 0.29) is 23.7 Å². The van der Waals surface area contributed by atoms with Crippen LogP contribution in [-0.2, 0) is 11.8 Å². The Morgan fingerprint density at radius 2 is 1.80 bits per heavy atom. The van der Waals surface area contributed by atoms with E-state index in [0.29, 0.717) is 41.1 Å². The first-order valence-corrected chi connectivity index (χ1v) is 13.3. The highest BCUT2D eigenvalue weighted by atomic mass is 19.1. The molecule has 1 aliphatic rings. The Labute approximate surface area is 232 Å². The topological polar surface area (TPSA) is 105 Å². The number of nitrogens with one attached hydrogen (secondary N) is 1. The first-order valence-electron chi connectivity index (χ1n) is 13.3. The number of ether oxygens (including phenoxy) is 1. The number of amides is 2. The Morgan fingerprint density at radius 3 is 2.48 bits per heavy atom. The normalized spacial score (nSPS) is 17.9. The van der Waals surface area contributed by atoms with E-state index in [1.54, 1.807) is 43.4 Å². The summed E-state index contributed by atoms with van der Waals surface area (Å²) in [5.41, 5.74) is 1.72. The molecular weight excluding hydrogens is 513 g/mol. The van der Waals surface area contributed by atoms with Crippen LogP contribution in [0.1, 0.15) is 50.8 Å². The van der Waals surface area contributed by atoms with E-state index in [4.69, 9.17) is 4.74 Å². The molecule has 1 N–H and O–H groups in total. The standard InChI is InChI=1S/C29H34FN7O3/c1-16-13-36(14-17(2)37(16)28(39)40-29(4,5)6)24-9-8-21(26-22(24)12-31-18(3)32-26)27(38)33-20-10-19-15-35(7)34-25(19)23(30)11-20/h8-12,15-17H,13-14H2,1-7H3,(H,33,38)/t16-,17+. The maximum Gasteiger partial charge on any atom is 0.410 e. The molecule has 1 aliphatic heterocycles. The van der Waals surface area contributed by atoms with E-state index in [9.17, 15) is 14.0 Å². The summed E-state index contributed by atoms with van der Waals surface area (Å²) in [6, 6.07) is 6.34. The first-order chi connectivity index (χ1) is 18.8. The maximum absolute atomic E-state index is 14.6. The van der Waals surface area contributed by atoms with Gasteiger partial charge >= 0.3 is 6.09 Å². The largest absolute Gasteiger partial charge is 0.444 e.